The molecule has 3 aromatic rings. The van der Waals surface area contributed by atoms with Crippen LogP contribution in [0.5, 0.6) is 0 Å². The number of hydrogen-bond acceptors (Lipinski definition) is 4. The zero-order chi connectivity index (χ0) is 14.8. The second-order valence-corrected chi connectivity index (χ2v) is 7.44. The third-order valence-corrected chi connectivity index (χ3v) is 5.06. The molecule has 0 spiro atoms. The maximum absolute atomic E-state index is 6.12. The molecule has 2 heterocycles. The van der Waals surface area contributed by atoms with Crippen LogP contribution in [-0.2, 0) is 0 Å². The van der Waals surface area contributed by atoms with Gasteiger partial charge in [-0.2, -0.15) is 5.10 Å². The molecule has 0 fully saturated rings. The van der Waals surface area contributed by atoms with E-state index in [9.17, 15) is 0 Å². The third-order valence-electron chi connectivity index (χ3n) is 3.02. The van der Waals surface area contributed by atoms with Gasteiger partial charge < -0.3 is 5.32 Å². The Morgan fingerprint density at radius 2 is 2.19 bits per heavy atom. The molecule has 0 aliphatic heterocycles. The fraction of sp³-hybridized carbons (Fsp3) is 0.143. The summed E-state index contributed by atoms with van der Waals surface area (Å²) in [5.74, 6) is 0. The van der Waals surface area contributed by atoms with E-state index >= 15 is 0 Å². The molecule has 21 heavy (non-hydrogen) atoms. The number of thiophene rings is 1. The van der Waals surface area contributed by atoms with Crippen LogP contribution in [0.2, 0.25) is 5.02 Å². The molecule has 2 aromatic heterocycles. The first-order chi connectivity index (χ1) is 10.1. The summed E-state index contributed by atoms with van der Waals surface area (Å²) in [5.41, 5.74) is 1.84. The average molecular weight is 384 g/mol. The van der Waals surface area contributed by atoms with Crippen molar-refractivity contribution in [3.8, 4) is 5.69 Å². The Bertz CT molecular complexity index is 741. The van der Waals surface area contributed by atoms with Crippen molar-refractivity contribution in [3.05, 3.63) is 56.7 Å². The van der Waals surface area contributed by atoms with Gasteiger partial charge in [-0.15, -0.1) is 11.3 Å². The quantitative estimate of drug-likeness (QED) is 0.695. The molecule has 4 nitrogen and oxygen atoms in total. The van der Waals surface area contributed by atoms with Crippen LogP contribution in [0.4, 0.5) is 5.69 Å². The Balaban J connectivity index is 1.92. The van der Waals surface area contributed by atoms with Gasteiger partial charge in [-0.05, 0) is 53.2 Å². The lowest BCUT2D eigenvalue weighted by Crippen LogP contribution is -2.08. The topological polar surface area (TPSA) is 42.7 Å². The standard InChI is InChI=1S/C14H12BrClN4S/c1-9(13-4-5-14(15)21-13)19-11-6-10(16)2-3-12(11)20-8-17-7-18-20/h2-9,19H,1H3. The molecule has 1 unspecified atom stereocenters. The van der Waals surface area contributed by atoms with Gasteiger partial charge >= 0.3 is 0 Å². The minimum Gasteiger partial charge on any atom is -0.376 e. The molecule has 0 aliphatic carbocycles. The van der Waals surface area contributed by atoms with E-state index in [1.807, 2.05) is 18.2 Å². The zero-order valence-electron chi connectivity index (χ0n) is 11.1. The van der Waals surface area contributed by atoms with Gasteiger partial charge in [0.15, 0.2) is 0 Å². The van der Waals surface area contributed by atoms with Crippen molar-refractivity contribution in [1.82, 2.24) is 14.8 Å². The molecule has 1 N–H and O–H groups in total. The van der Waals surface area contributed by atoms with Crippen molar-refractivity contribution < 1.29 is 0 Å². The zero-order valence-corrected chi connectivity index (χ0v) is 14.3. The number of nitrogens with one attached hydrogen (secondary N) is 1. The highest BCUT2D eigenvalue weighted by Gasteiger charge is 2.12. The highest BCUT2D eigenvalue weighted by Crippen LogP contribution is 2.32. The lowest BCUT2D eigenvalue weighted by atomic mass is 10.2. The fourth-order valence-electron chi connectivity index (χ4n) is 2.02. The Hall–Kier alpha value is -1.37. The molecular weight excluding hydrogens is 372 g/mol. The van der Waals surface area contributed by atoms with Gasteiger partial charge in [-0.1, -0.05) is 11.6 Å². The molecule has 0 saturated carbocycles. The molecule has 1 aromatic carbocycles. The number of rotatable bonds is 4. The normalized spacial score (nSPS) is 12.3. The lowest BCUT2D eigenvalue weighted by molar-refractivity contribution is 0.860. The third kappa shape index (κ3) is 3.28. The summed E-state index contributed by atoms with van der Waals surface area (Å²) in [4.78, 5) is 5.23. The van der Waals surface area contributed by atoms with E-state index in [-0.39, 0.29) is 6.04 Å². The highest BCUT2D eigenvalue weighted by molar-refractivity contribution is 9.11. The first kappa shape index (κ1) is 14.6. The minimum absolute atomic E-state index is 0.169. The summed E-state index contributed by atoms with van der Waals surface area (Å²) < 4.78 is 2.84. The summed E-state index contributed by atoms with van der Waals surface area (Å²) in [6.07, 6.45) is 3.18. The molecule has 0 saturated heterocycles. The van der Waals surface area contributed by atoms with Crippen molar-refractivity contribution in [2.75, 3.05) is 5.32 Å². The number of benzene rings is 1. The van der Waals surface area contributed by atoms with Crippen LogP contribution in [0, 0.1) is 0 Å². The number of aromatic nitrogens is 3. The summed E-state index contributed by atoms with van der Waals surface area (Å²) in [7, 11) is 0. The summed E-state index contributed by atoms with van der Waals surface area (Å²) in [6.45, 7) is 2.12. The van der Waals surface area contributed by atoms with Gasteiger partial charge in [0.25, 0.3) is 0 Å². The van der Waals surface area contributed by atoms with Crippen molar-refractivity contribution >= 4 is 44.6 Å². The van der Waals surface area contributed by atoms with Gasteiger partial charge in [0, 0.05) is 9.90 Å². The molecule has 3 rings (SSSR count). The van der Waals surface area contributed by atoms with Crippen LogP contribution in [-0.4, -0.2) is 14.8 Å². The molecule has 1 atom stereocenters. The van der Waals surface area contributed by atoms with Crippen molar-refractivity contribution in [1.29, 1.82) is 0 Å². The number of anilines is 1. The first-order valence-corrected chi connectivity index (χ1v) is 8.28. The first-order valence-electron chi connectivity index (χ1n) is 6.30. The Morgan fingerprint density at radius 1 is 1.33 bits per heavy atom. The molecular formula is C14H12BrClN4S. The van der Waals surface area contributed by atoms with E-state index < -0.39 is 0 Å². The predicted molar refractivity (Wildman–Crippen MR) is 90.4 cm³/mol. The summed E-state index contributed by atoms with van der Waals surface area (Å²) in [5, 5.41) is 8.35. The molecule has 0 radical (unpaired) electrons. The molecule has 7 heteroatoms. The molecule has 0 amide bonds. The number of hydrogen-bond donors (Lipinski definition) is 1. The monoisotopic (exact) mass is 382 g/mol. The van der Waals surface area contributed by atoms with Crippen molar-refractivity contribution in [3.63, 3.8) is 0 Å². The SMILES string of the molecule is CC(Nc1cc(Cl)ccc1-n1cncn1)c1ccc(Br)s1. The summed E-state index contributed by atoms with van der Waals surface area (Å²) >= 11 is 11.3. The van der Waals surface area contributed by atoms with Gasteiger partial charge in [0.1, 0.15) is 12.7 Å². The van der Waals surface area contributed by atoms with E-state index in [0.717, 1.165) is 15.2 Å². The van der Waals surface area contributed by atoms with E-state index in [2.05, 4.69) is 50.4 Å². The van der Waals surface area contributed by atoms with Crippen molar-refractivity contribution in [2.24, 2.45) is 0 Å². The van der Waals surface area contributed by atoms with Crippen LogP contribution in [0.1, 0.15) is 17.8 Å². The smallest absolute Gasteiger partial charge is 0.138 e. The highest BCUT2D eigenvalue weighted by atomic mass is 79.9. The van der Waals surface area contributed by atoms with Crippen LogP contribution in [0.15, 0.2) is 46.8 Å². The van der Waals surface area contributed by atoms with Gasteiger partial charge in [0.05, 0.1) is 21.2 Å². The van der Waals surface area contributed by atoms with E-state index in [1.54, 1.807) is 22.3 Å². The van der Waals surface area contributed by atoms with Crippen LogP contribution < -0.4 is 5.32 Å². The Kier molecular flexibility index (Phi) is 4.28. The Labute approximate surface area is 139 Å². The molecule has 108 valence electrons. The van der Waals surface area contributed by atoms with E-state index in [0.29, 0.717) is 5.02 Å². The Morgan fingerprint density at radius 3 is 2.86 bits per heavy atom. The van der Waals surface area contributed by atoms with Gasteiger partial charge in [-0.25, -0.2) is 9.67 Å². The predicted octanol–water partition coefficient (Wildman–Crippen LogP) is 4.92. The fourth-order valence-corrected chi connectivity index (χ4v) is 3.62. The van der Waals surface area contributed by atoms with E-state index in [1.165, 1.54) is 11.2 Å². The maximum Gasteiger partial charge on any atom is 0.138 e. The second kappa shape index (κ2) is 6.17. The maximum atomic E-state index is 6.12. The van der Waals surface area contributed by atoms with Crippen LogP contribution in [0.3, 0.4) is 0 Å². The lowest BCUT2D eigenvalue weighted by Gasteiger charge is -2.17. The molecule has 0 aliphatic rings. The number of nitrogens with zero attached hydrogens (tertiary/aromatic N) is 3. The van der Waals surface area contributed by atoms with Crippen molar-refractivity contribution in [2.45, 2.75) is 13.0 Å². The largest absolute Gasteiger partial charge is 0.376 e. The van der Waals surface area contributed by atoms with E-state index in [4.69, 9.17) is 11.6 Å². The van der Waals surface area contributed by atoms with Crippen LogP contribution >= 0.6 is 38.9 Å². The average Bonchev–Trinajstić information content (AvgIpc) is 3.10. The minimum atomic E-state index is 0.169. The van der Waals surface area contributed by atoms with Crippen LogP contribution in [0.25, 0.3) is 5.69 Å². The second-order valence-electron chi connectivity index (χ2n) is 4.51. The molecule has 0 bridgehead atoms. The van der Waals surface area contributed by atoms with Gasteiger partial charge in [-0.3, -0.25) is 0 Å². The number of halogens is 2. The van der Waals surface area contributed by atoms with Gasteiger partial charge in [0.2, 0.25) is 0 Å². The summed E-state index contributed by atoms with van der Waals surface area (Å²) in [6, 6.07) is 9.99.